The summed E-state index contributed by atoms with van der Waals surface area (Å²) >= 11 is 0. The molecular formula is C10H22B2O7. The summed E-state index contributed by atoms with van der Waals surface area (Å²) in [6.07, 6.45) is 2.59. The number of hydrogen-bond donors (Lipinski definition) is 6. The average Bonchev–Trinajstić information content (AvgIpc) is 2.20. The summed E-state index contributed by atoms with van der Waals surface area (Å²) in [5.41, 5.74) is -1.79. The van der Waals surface area contributed by atoms with Crippen molar-refractivity contribution in [3.63, 3.8) is 0 Å². The average molecular weight is 276 g/mol. The number of aliphatic hydroxyl groups is 2. The SMILES string of the molecule is CC1(O)CCC2CC1(O)C2(C)C.OB(O)OB(O)O. The molecule has 0 aromatic heterocycles. The van der Waals surface area contributed by atoms with E-state index in [0.29, 0.717) is 5.92 Å². The number of rotatable bonds is 2. The van der Waals surface area contributed by atoms with Crippen molar-refractivity contribution in [2.24, 2.45) is 11.3 Å². The Bertz CT molecular complexity index is 305. The smallest absolute Gasteiger partial charge is 0.402 e. The van der Waals surface area contributed by atoms with E-state index in [4.69, 9.17) is 20.1 Å². The van der Waals surface area contributed by atoms with Gasteiger partial charge in [-0.05, 0) is 37.5 Å². The van der Waals surface area contributed by atoms with Gasteiger partial charge < -0.3 is 34.9 Å². The Labute approximate surface area is 113 Å². The predicted molar refractivity (Wildman–Crippen MR) is 68.2 cm³/mol. The summed E-state index contributed by atoms with van der Waals surface area (Å²) in [5, 5.41) is 51.2. The highest BCUT2D eigenvalue weighted by molar-refractivity contribution is 6.48. The van der Waals surface area contributed by atoms with Gasteiger partial charge in [0.1, 0.15) is 0 Å². The first-order valence-electron chi connectivity index (χ1n) is 6.26. The molecule has 0 spiro atoms. The van der Waals surface area contributed by atoms with Crippen molar-refractivity contribution in [1.82, 2.24) is 0 Å². The normalized spacial score (nSPS) is 38.7. The zero-order valence-corrected chi connectivity index (χ0v) is 11.4. The van der Waals surface area contributed by atoms with E-state index in [2.05, 4.69) is 18.4 Å². The highest BCUT2D eigenvalue weighted by atomic mass is 16.7. The van der Waals surface area contributed by atoms with Gasteiger partial charge in [-0.25, -0.2) is 0 Å². The van der Waals surface area contributed by atoms with Crippen LogP contribution in [-0.2, 0) is 4.57 Å². The first-order valence-corrected chi connectivity index (χ1v) is 6.26. The van der Waals surface area contributed by atoms with Gasteiger partial charge in [-0.1, -0.05) is 13.8 Å². The van der Waals surface area contributed by atoms with Crippen LogP contribution in [0.3, 0.4) is 0 Å². The topological polar surface area (TPSA) is 131 Å². The lowest BCUT2D eigenvalue weighted by molar-refractivity contribution is -0.312. The van der Waals surface area contributed by atoms with Crippen LogP contribution in [0, 0.1) is 11.3 Å². The van der Waals surface area contributed by atoms with E-state index < -0.39 is 25.8 Å². The van der Waals surface area contributed by atoms with Crippen LogP contribution in [0.1, 0.15) is 40.0 Å². The molecule has 3 aliphatic rings. The van der Waals surface area contributed by atoms with E-state index in [-0.39, 0.29) is 5.41 Å². The van der Waals surface area contributed by atoms with E-state index in [1.165, 1.54) is 0 Å². The summed E-state index contributed by atoms with van der Waals surface area (Å²) in [6.45, 7) is 5.90. The van der Waals surface area contributed by atoms with E-state index in [1.807, 2.05) is 0 Å². The minimum Gasteiger partial charge on any atom is -0.402 e. The fraction of sp³-hybridized carbons (Fsp3) is 1.00. The first kappa shape index (κ1) is 16.9. The zero-order chi connectivity index (χ0) is 15.1. The van der Waals surface area contributed by atoms with Crippen LogP contribution in [0.2, 0.25) is 0 Å². The van der Waals surface area contributed by atoms with Gasteiger partial charge in [0.15, 0.2) is 0 Å². The molecule has 19 heavy (non-hydrogen) atoms. The van der Waals surface area contributed by atoms with Gasteiger partial charge in [0.05, 0.1) is 11.2 Å². The van der Waals surface area contributed by atoms with Gasteiger partial charge in [-0.3, -0.25) is 0 Å². The molecule has 0 saturated heterocycles. The molecule has 0 amide bonds. The molecule has 9 heteroatoms. The van der Waals surface area contributed by atoms with Crippen molar-refractivity contribution in [3.05, 3.63) is 0 Å². The third-order valence-electron chi connectivity index (χ3n) is 4.74. The molecule has 7 nitrogen and oxygen atoms in total. The summed E-state index contributed by atoms with van der Waals surface area (Å²) in [6, 6.07) is 0. The molecule has 0 radical (unpaired) electrons. The van der Waals surface area contributed by atoms with Gasteiger partial charge in [0.25, 0.3) is 0 Å². The fourth-order valence-corrected chi connectivity index (χ4v) is 3.23. The van der Waals surface area contributed by atoms with Crippen molar-refractivity contribution in [3.8, 4) is 0 Å². The molecular weight excluding hydrogens is 254 g/mol. The number of fused-ring (bicyclic) bond motifs is 2. The highest BCUT2D eigenvalue weighted by Crippen LogP contribution is 2.65. The Balaban J connectivity index is 0.000000224. The summed E-state index contributed by atoms with van der Waals surface area (Å²) < 4.78 is 3.47. The lowest BCUT2D eigenvalue weighted by Gasteiger charge is -2.68. The second-order valence-electron chi connectivity index (χ2n) is 6.08. The van der Waals surface area contributed by atoms with E-state index in [1.54, 1.807) is 6.92 Å². The molecule has 0 aromatic rings. The van der Waals surface area contributed by atoms with Crippen LogP contribution >= 0.6 is 0 Å². The molecule has 110 valence electrons. The van der Waals surface area contributed by atoms with Crippen LogP contribution in [0.25, 0.3) is 0 Å². The van der Waals surface area contributed by atoms with Crippen LogP contribution in [-0.4, -0.2) is 56.2 Å². The Morgan fingerprint density at radius 3 is 1.68 bits per heavy atom. The van der Waals surface area contributed by atoms with Crippen molar-refractivity contribution in [1.29, 1.82) is 0 Å². The predicted octanol–water partition coefficient (Wildman–Crippen LogP) is -1.75. The molecule has 3 aliphatic carbocycles. The van der Waals surface area contributed by atoms with Crippen molar-refractivity contribution in [2.45, 2.75) is 51.2 Å². The molecule has 0 aromatic carbocycles. The summed E-state index contributed by atoms with van der Waals surface area (Å²) in [5.74, 6) is 0.614. The number of hydrogen-bond acceptors (Lipinski definition) is 7. The molecule has 3 atom stereocenters. The molecule has 3 unspecified atom stereocenters. The summed E-state index contributed by atoms with van der Waals surface area (Å²) in [4.78, 5) is 0. The second kappa shape index (κ2) is 5.33. The summed E-state index contributed by atoms with van der Waals surface area (Å²) in [7, 11) is -4.25. The van der Waals surface area contributed by atoms with Gasteiger partial charge in [-0.2, -0.15) is 0 Å². The van der Waals surface area contributed by atoms with E-state index >= 15 is 0 Å². The van der Waals surface area contributed by atoms with Gasteiger partial charge in [0, 0.05) is 0 Å². The lowest BCUT2D eigenvalue weighted by Crippen LogP contribution is -2.74. The standard InChI is InChI=1S/C10H18O2.B2H4O5/c1-8(2)7-4-5-9(3,11)10(8,12)6-7;3-1(4)7-2(5)6/h7,11-12H,4-6H2,1-3H3;3-6H. The third-order valence-corrected chi connectivity index (χ3v) is 4.74. The molecule has 3 saturated carbocycles. The Morgan fingerprint density at radius 1 is 1.00 bits per heavy atom. The maximum absolute atomic E-state index is 10.2. The Hall–Kier alpha value is -0.150. The molecule has 3 fully saturated rings. The quantitative estimate of drug-likeness (QED) is 0.330. The van der Waals surface area contributed by atoms with Crippen LogP contribution in [0.5, 0.6) is 0 Å². The van der Waals surface area contributed by atoms with Gasteiger partial charge >= 0.3 is 14.6 Å². The van der Waals surface area contributed by atoms with Crippen LogP contribution in [0.15, 0.2) is 0 Å². The molecule has 3 rings (SSSR count). The van der Waals surface area contributed by atoms with Crippen molar-refractivity contribution < 1.29 is 34.9 Å². The Kier molecular flexibility index (Phi) is 4.74. The highest BCUT2D eigenvalue weighted by Gasteiger charge is 2.69. The first-order chi connectivity index (χ1) is 8.44. The van der Waals surface area contributed by atoms with Crippen molar-refractivity contribution >= 4 is 14.6 Å². The lowest BCUT2D eigenvalue weighted by atomic mass is 9.41. The van der Waals surface area contributed by atoms with Crippen LogP contribution in [0.4, 0.5) is 0 Å². The van der Waals surface area contributed by atoms with Crippen LogP contribution < -0.4 is 0 Å². The maximum Gasteiger partial charge on any atom is 0.621 e. The maximum atomic E-state index is 10.2. The van der Waals surface area contributed by atoms with E-state index in [0.717, 1.165) is 19.3 Å². The largest absolute Gasteiger partial charge is 0.621 e. The second-order valence-corrected chi connectivity index (χ2v) is 6.08. The molecule has 6 N–H and O–H groups in total. The van der Waals surface area contributed by atoms with Gasteiger partial charge in [0.2, 0.25) is 0 Å². The Morgan fingerprint density at radius 2 is 1.47 bits per heavy atom. The molecule has 0 aliphatic heterocycles. The third kappa shape index (κ3) is 2.97. The monoisotopic (exact) mass is 276 g/mol. The molecule has 2 bridgehead atoms. The van der Waals surface area contributed by atoms with E-state index in [9.17, 15) is 10.2 Å². The zero-order valence-electron chi connectivity index (χ0n) is 11.4. The molecule has 0 heterocycles. The minimum atomic E-state index is -2.13. The van der Waals surface area contributed by atoms with Gasteiger partial charge in [-0.15, -0.1) is 0 Å². The fourth-order valence-electron chi connectivity index (χ4n) is 3.23. The minimum absolute atomic E-state index is 0.0885. The van der Waals surface area contributed by atoms with Crippen molar-refractivity contribution in [2.75, 3.05) is 0 Å².